The molecule has 0 unspecified atom stereocenters. The number of halogens is 1. The summed E-state index contributed by atoms with van der Waals surface area (Å²) in [6.07, 6.45) is 2.97. The van der Waals surface area contributed by atoms with Gasteiger partial charge in [-0.3, -0.25) is 0 Å². The minimum absolute atomic E-state index is 0. The van der Waals surface area contributed by atoms with Crippen LogP contribution in [0.5, 0.6) is 0 Å². The van der Waals surface area contributed by atoms with Gasteiger partial charge in [0.25, 0.3) is 0 Å². The van der Waals surface area contributed by atoms with Gasteiger partial charge in [-0.1, -0.05) is 13.3 Å². The molecule has 1 aliphatic carbocycles. The summed E-state index contributed by atoms with van der Waals surface area (Å²) in [5.41, 5.74) is 5.67. The van der Waals surface area contributed by atoms with Crippen molar-refractivity contribution in [3.8, 4) is 0 Å². The normalized spacial score (nSPS) is 40.5. The molecule has 1 saturated carbocycles. The Balaban J connectivity index is 0.000000810. The first-order valence-corrected chi connectivity index (χ1v) is 3.65. The standard InChI is InChI=1S/C7H15NO.ClH/c1-5-3-2-4-6(9)7(5)8;/h5-7,9H,2-4,8H2,1H3;1H/t5-,6-,7+;/m1./s1. The first-order chi connectivity index (χ1) is 4.22. The maximum Gasteiger partial charge on any atom is 0.0693 e. The van der Waals surface area contributed by atoms with Crippen molar-refractivity contribution in [2.45, 2.75) is 38.3 Å². The zero-order chi connectivity index (χ0) is 6.85. The lowest BCUT2D eigenvalue weighted by Crippen LogP contribution is -2.43. The number of aliphatic hydroxyl groups excluding tert-OH is 1. The van der Waals surface area contributed by atoms with Gasteiger partial charge in [-0.15, -0.1) is 12.4 Å². The van der Waals surface area contributed by atoms with Crippen LogP contribution in [0.3, 0.4) is 0 Å². The van der Waals surface area contributed by atoms with E-state index < -0.39 is 0 Å². The topological polar surface area (TPSA) is 46.2 Å². The average molecular weight is 166 g/mol. The minimum atomic E-state index is -0.242. The molecule has 0 amide bonds. The summed E-state index contributed by atoms with van der Waals surface area (Å²) in [5, 5.41) is 9.22. The van der Waals surface area contributed by atoms with Gasteiger partial charge in [0.15, 0.2) is 0 Å². The predicted molar refractivity (Wildman–Crippen MR) is 44.2 cm³/mol. The van der Waals surface area contributed by atoms with Crippen molar-refractivity contribution in [1.82, 2.24) is 0 Å². The third-order valence-corrected chi connectivity index (χ3v) is 2.26. The summed E-state index contributed by atoms with van der Waals surface area (Å²) in [6, 6.07) is 0.0266. The van der Waals surface area contributed by atoms with Gasteiger partial charge in [-0.2, -0.15) is 0 Å². The van der Waals surface area contributed by atoms with Crippen LogP contribution in [0.15, 0.2) is 0 Å². The highest BCUT2D eigenvalue weighted by atomic mass is 35.5. The molecule has 0 aromatic carbocycles. The minimum Gasteiger partial charge on any atom is -0.392 e. The molecule has 0 aromatic heterocycles. The van der Waals surface area contributed by atoms with Crippen molar-refractivity contribution in [3.05, 3.63) is 0 Å². The Morgan fingerprint density at radius 1 is 1.40 bits per heavy atom. The van der Waals surface area contributed by atoms with E-state index in [-0.39, 0.29) is 24.6 Å². The summed E-state index contributed by atoms with van der Waals surface area (Å²) in [5.74, 6) is 0.508. The number of nitrogens with two attached hydrogens (primary N) is 1. The maximum absolute atomic E-state index is 9.22. The maximum atomic E-state index is 9.22. The van der Waals surface area contributed by atoms with Gasteiger partial charge in [0.2, 0.25) is 0 Å². The molecule has 0 bridgehead atoms. The Morgan fingerprint density at radius 3 is 2.40 bits per heavy atom. The van der Waals surface area contributed by atoms with Crippen molar-refractivity contribution in [1.29, 1.82) is 0 Å². The fourth-order valence-corrected chi connectivity index (χ4v) is 1.41. The molecular weight excluding hydrogens is 150 g/mol. The lowest BCUT2D eigenvalue weighted by Gasteiger charge is -2.29. The molecule has 10 heavy (non-hydrogen) atoms. The van der Waals surface area contributed by atoms with Crippen molar-refractivity contribution in [2.24, 2.45) is 11.7 Å². The van der Waals surface area contributed by atoms with E-state index in [9.17, 15) is 5.11 Å². The van der Waals surface area contributed by atoms with Crippen LogP contribution >= 0.6 is 12.4 Å². The molecule has 0 aliphatic heterocycles. The summed E-state index contributed by atoms with van der Waals surface area (Å²) in [6.45, 7) is 2.10. The fourth-order valence-electron chi connectivity index (χ4n) is 1.41. The molecule has 1 rings (SSSR count). The zero-order valence-corrected chi connectivity index (χ0v) is 7.10. The van der Waals surface area contributed by atoms with Crippen molar-refractivity contribution < 1.29 is 5.11 Å². The number of hydrogen-bond donors (Lipinski definition) is 2. The van der Waals surface area contributed by atoms with Crippen LogP contribution in [0.25, 0.3) is 0 Å². The largest absolute Gasteiger partial charge is 0.392 e. The fraction of sp³-hybridized carbons (Fsp3) is 1.00. The second-order valence-corrected chi connectivity index (χ2v) is 3.05. The van der Waals surface area contributed by atoms with Crippen molar-refractivity contribution >= 4 is 12.4 Å². The van der Waals surface area contributed by atoms with Crippen LogP contribution in [-0.2, 0) is 0 Å². The van der Waals surface area contributed by atoms with Gasteiger partial charge >= 0.3 is 0 Å². The Bertz CT molecular complexity index is 89.6. The third kappa shape index (κ3) is 2.11. The van der Waals surface area contributed by atoms with Crippen molar-refractivity contribution in [2.75, 3.05) is 0 Å². The van der Waals surface area contributed by atoms with Crippen LogP contribution in [-0.4, -0.2) is 17.3 Å². The van der Waals surface area contributed by atoms with E-state index in [0.29, 0.717) is 5.92 Å². The van der Waals surface area contributed by atoms with E-state index >= 15 is 0 Å². The summed E-state index contributed by atoms with van der Waals surface area (Å²) >= 11 is 0. The van der Waals surface area contributed by atoms with Crippen molar-refractivity contribution in [3.63, 3.8) is 0 Å². The molecule has 1 aliphatic rings. The van der Waals surface area contributed by atoms with E-state index in [1.54, 1.807) is 0 Å². The van der Waals surface area contributed by atoms with Crippen LogP contribution in [0, 0.1) is 5.92 Å². The summed E-state index contributed by atoms with van der Waals surface area (Å²) < 4.78 is 0. The highest BCUT2D eigenvalue weighted by Crippen LogP contribution is 2.22. The average Bonchev–Trinajstić information content (AvgIpc) is 1.83. The Morgan fingerprint density at radius 2 is 2.00 bits per heavy atom. The second kappa shape index (κ2) is 4.16. The van der Waals surface area contributed by atoms with Gasteiger partial charge in [-0.25, -0.2) is 0 Å². The van der Waals surface area contributed by atoms with E-state index in [4.69, 9.17) is 5.73 Å². The van der Waals surface area contributed by atoms with Gasteiger partial charge in [-0.05, 0) is 18.8 Å². The molecule has 3 heteroatoms. The van der Waals surface area contributed by atoms with E-state index in [1.165, 1.54) is 6.42 Å². The van der Waals surface area contributed by atoms with E-state index in [2.05, 4.69) is 6.92 Å². The van der Waals surface area contributed by atoms with E-state index in [0.717, 1.165) is 12.8 Å². The lowest BCUT2D eigenvalue weighted by atomic mass is 9.84. The van der Waals surface area contributed by atoms with Gasteiger partial charge in [0, 0.05) is 6.04 Å². The van der Waals surface area contributed by atoms with Crippen LogP contribution in [0.4, 0.5) is 0 Å². The van der Waals surface area contributed by atoms with Gasteiger partial charge in [0.1, 0.15) is 0 Å². The van der Waals surface area contributed by atoms with Gasteiger partial charge < -0.3 is 10.8 Å². The Labute approximate surface area is 68.2 Å². The smallest absolute Gasteiger partial charge is 0.0693 e. The molecule has 0 radical (unpaired) electrons. The summed E-state index contributed by atoms with van der Waals surface area (Å²) in [7, 11) is 0. The number of hydrogen-bond acceptors (Lipinski definition) is 2. The molecule has 0 spiro atoms. The molecule has 3 atom stereocenters. The number of aliphatic hydroxyl groups is 1. The van der Waals surface area contributed by atoms with Gasteiger partial charge in [0.05, 0.1) is 6.10 Å². The SMILES string of the molecule is C[C@@H]1CCC[C@@H](O)[C@H]1N.Cl. The molecule has 3 N–H and O–H groups in total. The Kier molecular flexibility index (Phi) is 4.25. The summed E-state index contributed by atoms with van der Waals surface area (Å²) in [4.78, 5) is 0. The van der Waals surface area contributed by atoms with Crippen LogP contribution in [0.2, 0.25) is 0 Å². The molecule has 62 valence electrons. The van der Waals surface area contributed by atoms with Crippen LogP contribution in [0.1, 0.15) is 26.2 Å². The quantitative estimate of drug-likeness (QED) is 0.561. The first-order valence-electron chi connectivity index (χ1n) is 3.65. The predicted octanol–water partition coefficient (Wildman–Crippen LogP) is 0.916. The van der Waals surface area contributed by atoms with E-state index in [1.807, 2.05) is 0 Å². The number of rotatable bonds is 0. The molecule has 2 nitrogen and oxygen atoms in total. The monoisotopic (exact) mass is 165 g/mol. The highest BCUT2D eigenvalue weighted by molar-refractivity contribution is 5.85. The molecule has 0 aromatic rings. The van der Waals surface area contributed by atoms with Crippen LogP contribution < -0.4 is 5.73 Å². The highest BCUT2D eigenvalue weighted by Gasteiger charge is 2.25. The molecule has 0 heterocycles. The second-order valence-electron chi connectivity index (χ2n) is 3.05. The lowest BCUT2D eigenvalue weighted by molar-refractivity contribution is 0.0817. The molecular formula is C7H16ClNO. The Hall–Kier alpha value is 0.210. The first kappa shape index (κ1) is 10.2. The third-order valence-electron chi connectivity index (χ3n) is 2.26. The molecule has 0 saturated heterocycles. The molecule has 1 fully saturated rings. The zero-order valence-electron chi connectivity index (χ0n) is 6.29.